The van der Waals surface area contributed by atoms with Gasteiger partial charge in [0.25, 0.3) is 5.91 Å². The van der Waals surface area contributed by atoms with Crippen molar-refractivity contribution >= 4 is 69.2 Å². The van der Waals surface area contributed by atoms with E-state index in [2.05, 4.69) is 0 Å². The van der Waals surface area contributed by atoms with Crippen LogP contribution < -0.4 is 4.90 Å². The Labute approximate surface area is 154 Å². The fourth-order valence-corrected chi connectivity index (χ4v) is 4.00. The van der Waals surface area contributed by atoms with Gasteiger partial charge in [-0.3, -0.25) is 9.69 Å². The Kier molecular flexibility index (Phi) is 4.78. The number of halogens is 2. The summed E-state index contributed by atoms with van der Waals surface area (Å²) in [6.45, 7) is 2.00. The predicted octanol–water partition coefficient (Wildman–Crippen LogP) is 5.71. The van der Waals surface area contributed by atoms with E-state index in [-0.39, 0.29) is 5.91 Å². The van der Waals surface area contributed by atoms with Crippen molar-refractivity contribution in [1.29, 1.82) is 0 Å². The Hall–Kier alpha value is -1.33. The van der Waals surface area contributed by atoms with E-state index in [1.54, 1.807) is 18.2 Å². The number of anilines is 1. The molecule has 0 atom stereocenters. The number of benzene rings is 2. The van der Waals surface area contributed by atoms with Crippen molar-refractivity contribution in [2.45, 2.75) is 6.92 Å². The monoisotopic (exact) mass is 379 g/mol. The van der Waals surface area contributed by atoms with Crippen LogP contribution in [-0.4, -0.2) is 10.2 Å². The summed E-state index contributed by atoms with van der Waals surface area (Å²) in [5.41, 5.74) is 2.64. The van der Waals surface area contributed by atoms with E-state index in [0.717, 1.165) is 11.1 Å². The molecule has 116 valence electrons. The van der Waals surface area contributed by atoms with Crippen molar-refractivity contribution in [1.82, 2.24) is 0 Å². The number of hydrogen-bond acceptors (Lipinski definition) is 3. The number of nitrogens with zero attached hydrogens (tertiary/aromatic N) is 1. The van der Waals surface area contributed by atoms with Gasteiger partial charge in [0.15, 0.2) is 4.32 Å². The molecule has 1 heterocycles. The molecule has 0 aromatic heterocycles. The number of amides is 1. The summed E-state index contributed by atoms with van der Waals surface area (Å²) in [6, 6.07) is 12.9. The molecule has 0 radical (unpaired) electrons. The molecule has 1 aliphatic rings. The van der Waals surface area contributed by atoms with Crippen LogP contribution in [0, 0.1) is 6.92 Å². The number of hydrogen-bond donors (Lipinski definition) is 0. The lowest BCUT2D eigenvalue weighted by atomic mass is 10.1. The number of rotatable bonds is 2. The van der Waals surface area contributed by atoms with E-state index >= 15 is 0 Å². The smallest absolute Gasteiger partial charge is 0.268 e. The van der Waals surface area contributed by atoms with Crippen LogP contribution in [0.5, 0.6) is 0 Å². The van der Waals surface area contributed by atoms with Gasteiger partial charge >= 0.3 is 0 Å². The first kappa shape index (κ1) is 16.5. The van der Waals surface area contributed by atoms with E-state index in [4.69, 9.17) is 35.4 Å². The van der Waals surface area contributed by atoms with Gasteiger partial charge in [-0.2, -0.15) is 0 Å². The van der Waals surface area contributed by atoms with Crippen molar-refractivity contribution in [2.24, 2.45) is 0 Å². The summed E-state index contributed by atoms with van der Waals surface area (Å²) in [4.78, 5) is 14.8. The molecule has 0 spiro atoms. The lowest BCUT2D eigenvalue weighted by Gasteiger charge is -2.16. The Balaban J connectivity index is 1.99. The van der Waals surface area contributed by atoms with Crippen LogP contribution >= 0.6 is 47.2 Å². The fourth-order valence-electron chi connectivity index (χ4n) is 2.23. The number of carbonyl (C=O) groups is 1. The van der Waals surface area contributed by atoms with Gasteiger partial charge in [0.1, 0.15) is 0 Å². The van der Waals surface area contributed by atoms with Crippen LogP contribution in [0.15, 0.2) is 47.4 Å². The molecule has 0 unspecified atom stereocenters. The molecule has 1 amide bonds. The molecule has 0 aliphatic carbocycles. The third-order valence-corrected chi connectivity index (χ3v) is 5.26. The molecule has 2 aromatic carbocycles. The quantitative estimate of drug-likeness (QED) is 0.492. The third kappa shape index (κ3) is 3.31. The first-order chi connectivity index (χ1) is 11.0. The van der Waals surface area contributed by atoms with Gasteiger partial charge in [-0.1, -0.05) is 71.4 Å². The second-order valence-corrected chi connectivity index (χ2v) is 7.49. The van der Waals surface area contributed by atoms with E-state index in [1.807, 2.05) is 37.3 Å². The first-order valence-electron chi connectivity index (χ1n) is 6.76. The molecular formula is C17H11Cl2NOS2. The van der Waals surface area contributed by atoms with Crippen LogP contribution in [0.25, 0.3) is 6.08 Å². The lowest BCUT2D eigenvalue weighted by Crippen LogP contribution is -2.27. The van der Waals surface area contributed by atoms with Crippen molar-refractivity contribution in [3.63, 3.8) is 0 Å². The van der Waals surface area contributed by atoms with Crippen LogP contribution in [0.4, 0.5) is 5.69 Å². The number of thiocarbonyl (C=S) groups is 1. The molecule has 0 saturated carbocycles. The Morgan fingerprint density at radius 3 is 2.61 bits per heavy atom. The van der Waals surface area contributed by atoms with Crippen LogP contribution in [-0.2, 0) is 4.79 Å². The van der Waals surface area contributed by atoms with E-state index in [1.165, 1.54) is 16.7 Å². The SMILES string of the molecule is Cc1ccccc1/C=C1\SC(=S)N(c2ccc(Cl)cc2Cl)C1=O. The summed E-state index contributed by atoms with van der Waals surface area (Å²) in [5, 5.41) is 0.908. The summed E-state index contributed by atoms with van der Waals surface area (Å²) >= 11 is 18.7. The van der Waals surface area contributed by atoms with Crippen molar-refractivity contribution in [3.8, 4) is 0 Å². The number of aryl methyl sites for hydroxylation is 1. The topological polar surface area (TPSA) is 20.3 Å². The maximum Gasteiger partial charge on any atom is 0.270 e. The minimum Gasteiger partial charge on any atom is -0.268 e. The molecule has 1 saturated heterocycles. The normalized spacial score (nSPS) is 16.5. The highest BCUT2D eigenvalue weighted by Crippen LogP contribution is 2.39. The molecule has 3 rings (SSSR count). The predicted molar refractivity (Wildman–Crippen MR) is 103 cm³/mol. The van der Waals surface area contributed by atoms with Gasteiger partial charge < -0.3 is 0 Å². The molecule has 2 nitrogen and oxygen atoms in total. The first-order valence-corrected chi connectivity index (χ1v) is 8.74. The largest absolute Gasteiger partial charge is 0.270 e. The van der Waals surface area contributed by atoms with Crippen molar-refractivity contribution in [2.75, 3.05) is 4.90 Å². The highest BCUT2D eigenvalue weighted by atomic mass is 35.5. The highest BCUT2D eigenvalue weighted by molar-refractivity contribution is 8.27. The van der Waals surface area contributed by atoms with Crippen LogP contribution in [0.1, 0.15) is 11.1 Å². The van der Waals surface area contributed by atoms with E-state index < -0.39 is 0 Å². The fraction of sp³-hybridized carbons (Fsp3) is 0.0588. The summed E-state index contributed by atoms with van der Waals surface area (Å²) in [7, 11) is 0. The minimum absolute atomic E-state index is 0.174. The molecule has 2 aromatic rings. The van der Waals surface area contributed by atoms with Gasteiger partial charge in [0.2, 0.25) is 0 Å². The Morgan fingerprint density at radius 2 is 1.91 bits per heavy atom. The standard InChI is InChI=1S/C17H11Cl2NOS2/c1-10-4-2-3-5-11(10)8-15-16(21)20(17(22)23-15)14-7-6-12(18)9-13(14)19/h2-9H,1H3/b15-8-. The molecule has 23 heavy (non-hydrogen) atoms. The zero-order chi connectivity index (χ0) is 16.6. The zero-order valence-electron chi connectivity index (χ0n) is 12.0. The van der Waals surface area contributed by atoms with Crippen LogP contribution in [0.2, 0.25) is 10.0 Å². The second kappa shape index (κ2) is 6.65. The average Bonchev–Trinajstić information content (AvgIpc) is 2.77. The number of carbonyl (C=O) groups excluding carboxylic acids is 1. The summed E-state index contributed by atoms with van der Waals surface area (Å²) < 4.78 is 0.457. The van der Waals surface area contributed by atoms with E-state index in [9.17, 15) is 4.79 Å². The molecule has 1 aliphatic heterocycles. The molecule has 1 fully saturated rings. The number of thioether (sulfide) groups is 1. The van der Waals surface area contributed by atoms with Gasteiger partial charge in [-0.05, 0) is 42.3 Å². The van der Waals surface area contributed by atoms with Gasteiger partial charge in [0.05, 0.1) is 15.6 Å². The zero-order valence-corrected chi connectivity index (χ0v) is 15.2. The maximum absolute atomic E-state index is 12.7. The highest BCUT2D eigenvalue weighted by Gasteiger charge is 2.34. The van der Waals surface area contributed by atoms with Crippen molar-refractivity contribution in [3.05, 3.63) is 68.5 Å². The molecular weight excluding hydrogens is 369 g/mol. The molecule has 6 heteroatoms. The van der Waals surface area contributed by atoms with Crippen LogP contribution in [0.3, 0.4) is 0 Å². The Bertz CT molecular complexity index is 848. The molecule has 0 N–H and O–H groups in total. The van der Waals surface area contributed by atoms with Crippen molar-refractivity contribution < 1.29 is 4.79 Å². The second-order valence-electron chi connectivity index (χ2n) is 4.97. The maximum atomic E-state index is 12.7. The summed E-state index contributed by atoms with van der Waals surface area (Å²) in [6.07, 6.45) is 1.86. The van der Waals surface area contributed by atoms with Gasteiger partial charge in [-0.25, -0.2) is 0 Å². The average molecular weight is 380 g/mol. The van der Waals surface area contributed by atoms with Gasteiger partial charge in [-0.15, -0.1) is 0 Å². The third-order valence-electron chi connectivity index (χ3n) is 3.42. The van der Waals surface area contributed by atoms with E-state index in [0.29, 0.717) is 25.0 Å². The van der Waals surface area contributed by atoms with Gasteiger partial charge in [0, 0.05) is 5.02 Å². The minimum atomic E-state index is -0.174. The lowest BCUT2D eigenvalue weighted by molar-refractivity contribution is -0.113. The Morgan fingerprint density at radius 1 is 1.17 bits per heavy atom. The molecule has 0 bridgehead atoms. The summed E-state index contributed by atoms with van der Waals surface area (Å²) in [5.74, 6) is -0.174.